The predicted octanol–water partition coefficient (Wildman–Crippen LogP) is 1.95. The normalized spacial score (nSPS) is 17.0. The van der Waals surface area contributed by atoms with Crippen LogP contribution in [0.25, 0.3) is 0 Å². The number of carbonyl (C=O) groups is 1. The van der Waals surface area contributed by atoms with Crippen molar-refractivity contribution < 1.29 is 22.7 Å². The van der Waals surface area contributed by atoms with Gasteiger partial charge in [-0.15, -0.1) is 0 Å². The summed E-state index contributed by atoms with van der Waals surface area (Å²) < 4.78 is 37.2. The fourth-order valence-corrected chi connectivity index (χ4v) is 4.49. The topological polar surface area (TPSA) is 88.2 Å². The smallest absolute Gasteiger partial charge is 0.321 e. The number of sulfonamides is 1. The Balaban J connectivity index is 1.37. The van der Waals surface area contributed by atoms with Gasteiger partial charge >= 0.3 is 6.03 Å². The lowest BCUT2D eigenvalue weighted by molar-refractivity contribution is 0.174. The Morgan fingerprint density at radius 1 is 0.926 bits per heavy atom. The zero-order valence-electron chi connectivity index (χ0n) is 14.5. The van der Waals surface area contributed by atoms with Crippen LogP contribution < -0.4 is 14.8 Å². The van der Waals surface area contributed by atoms with E-state index in [4.69, 9.17) is 9.47 Å². The van der Waals surface area contributed by atoms with Gasteiger partial charge in [0.05, 0.1) is 4.90 Å². The van der Waals surface area contributed by atoms with Crippen LogP contribution in [0.1, 0.15) is 0 Å². The van der Waals surface area contributed by atoms with Gasteiger partial charge in [0, 0.05) is 37.9 Å². The van der Waals surface area contributed by atoms with Crippen LogP contribution in [0.5, 0.6) is 11.5 Å². The molecule has 142 valence electrons. The minimum atomic E-state index is -3.53. The summed E-state index contributed by atoms with van der Waals surface area (Å²) in [5.74, 6) is 1.24. The Bertz CT molecular complexity index is 941. The van der Waals surface area contributed by atoms with Crippen molar-refractivity contribution in [3.8, 4) is 11.5 Å². The number of nitrogens with one attached hydrogen (secondary N) is 1. The van der Waals surface area contributed by atoms with Crippen molar-refractivity contribution >= 4 is 21.7 Å². The highest BCUT2D eigenvalue weighted by atomic mass is 32.2. The summed E-state index contributed by atoms with van der Waals surface area (Å²) in [6, 6.07) is 13.2. The summed E-state index contributed by atoms with van der Waals surface area (Å²) >= 11 is 0. The third kappa shape index (κ3) is 3.56. The molecule has 27 heavy (non-hydrogen) atoms. The van der Waals surface area contributed by atoms with E-state index in [1.807, 2.05) is 0 Å². The molecule has 9 heteroatoms. The lowest BCUT2D eigenvalue weighted by Gasteiger charge is -2.34. The molecule has 1 fully saturated rings. The minimum Gasteiger partial charge on any atom is -0.454 e. The number of hydrogen-bond donors (Lipinski definition) is 1. The van der Waals surface area contributed by atoms with E-state index in [1.165, 1.54) is 4.31 Å². The van der Waals surface area contributed by atoms with Crippen molar-refractivity contribution in [2.24, 2.45) is 0 Å². The molecule has 1 N–H and O–H groups in total. The van der Waals surface area contributed by atoms with Gasteiger partial charge in [-0.3, -0.25) is 0 Å². The third-order valence-corrected chi connectivity index (χ3v) is 6.44. The van der Waals surface area contributed by atoms with E-state index in [-0.39, 0.29) is 30.8 Å². The van der Waals surface area contributed by atoms with Gasteiger partial charge in [0.25, 0.3) is 0 Å². The van der Waals surface area contributed by atoms with Crippen molar-refractivity contribution in [2.75, 3.05) is 38.3 Å². The van der Waals surface area contributed by atoms with Gasteiger partial charge in [-0.2, -0.15) is 4.31 Å². The molecule has 0 aromatic heterocycles. The molecule has 2 aromatic rings. The monoisotopic (exact) mass is 389 g/mol. The Morgan fingerprint density at radius 3 is 2.37 bits per heavy atom. The highest BCUT2D eigenvalue weighted by molar-refractivity contribution is 7.89. The number of carbonyl (C=O) groups excluding carboxylic acids is 1. The highest BCUT2D eigenvalue weighted by Crippen LogP contribution is 2.34. The zero-order chi connectivity index (χ0) is 18.9. The van der Waals surface area contributed by atoms with E-state index in [1.54, 1.807) is 53.4 Å². The molecular weight excluding hydrogens is 370 g/mol. The molecule has 2 aromatic carbocycles. The zero-order valence-corrected chi connectivity index (χ0v) is 15.3. The van der Waals surface area contributed by atoms with Crippen molar-refractivity contribution in [1.82, 2.24) is 9.21 Å². The van der Waals surface area contributed by atoms with Gasteiger partial charge in [0.1, 0.15) is 0 Å². The van der Waals surface area contributed by atoms with E-state index in [0.717, 1.165) is 0 Å². The number of hydrogen-bond acceptors (Lipinski definition) is 5. The Kier molecular flexibility index (Phi) is 4.63. The van der Waals surface area contributed by atoms with Crippen molar-refractivity contribution in [3.05, 3.63) is 48.5 Å². The maximum Gasteiger partial charge on any atom is 0.321 e. The number of rotatable bonds is 3. The Labute approximate surface area is 157 Å². The molecule has 4 rings (SSSR count). The first-order valence-corrected chi connectivity index (χ1v) is 9.99. The number of amides is 2. The van der Waals surface area contributed by atoms with Gasteiger partial charge in [-0.05, 0) is 24.3 Å². The van der Waals surface area contributed by atoms with Gasteiger partial charge in [0.15, 0.2) is 11.5 Å². The van der Waals surface area contributed by atoms with E-state index >= 15 is 0 Å². The second-order valence-corrected chi connectivity index (χ2v) is 8.14. The first-order chi connectivity index (χ1) is 13.0. The van der Waals surface area contributed by atoms with Crippen LogP contribution in [0.3, 0.4) is 0 Å². The highest BCUT2D eigenvalue weighted by Gasteiger charge is 2.30. The molecule has 0 saturated carbocycles. The van der Waals surface area contributed by atoms with Crippen LogP contribution in [-0.2, 0) is 10.0 Å². The molecule has 2 amide bonds. The van der Waals surface area contributed by atoms with Crippen LogP contribution in [0, 0.1) is 0 Å². The average molecular weight is 389 g/mol. The minimum absolute atomic E-state index is 0.171. The second-order valence-electron chi connectivity index (χ2n) is 6.20. The number of piperazine rings is 1. The molecule has 2 aliphatic heterocycles. The Hall–Kier alpha value is -2.78. The SMILES string of the molecule is O=C(Nc1ccc2c(c1)OCO2)N1CCN(S(=O)(=O)c2ccccc2)CC1. The average Bonchev–Trinajstić information content (AvgIpc) is 3.16. The van der Waals surface area contributed by atoms with E-state index in [0.29, 0.717) is 30.3 Å². The molecule has 0 bridgehead atoms. The second kappa shape index (κ2) is 7.09. The van der Waals surface area contributed by atoms with E-state index in [2.05, 4.69) is 5.32 Å². The largest absolute Gasteiger partial charge is 0.454 e. The third-order valence-electron chi connectivity index (χ3n) is 4.53. The maximum atomic E-state index is 12.6. The van der Waals surface area contributed by atoms with E-state index in [9.17, 15) is 13.2 Å². The van der Waals surface area contributed by atoms with Crippen LogP contribution in [0.4, 0.5) is 10.5 Å². The lowest BCUT2D eigenvalue weighted by Crippen LogP contribution is -2.51. The summed E-state index contributed by atoms with van der Waals surface area (Å²) in [7, 11) is -3.53. The van der Waals surface area contributed by atoms with Crippen LogP contribution in [-0.4, -0.2) is 56.6 Å². The maximum absolute atomic E-state index is 12.6. The summed E-state index contributed by atoms with van der Waals surface area (Å²) in [5, 5.41) is 2.81. The number of anilines is 1. The summed E-state index contributed by atoms with van der Waals surface area (Å²) in [5.41, 5.74) is 0.601. The first-order valence-electron chi connectivity index (χ1n) is 8.55. The van der Waals surface area contributed by atoms with Crippen LogP contribution >= 0.6 is 0 Å². The van der Waals surface area contributed by atoms with Gasteiger partial charge in [0.2, 0.25) is 16.8 Å². The molecule has 0 unspecified atom stereocenters. The molecule has 1 saturated heterocycles. The number of nitrogens with zero attached hydrogens (tertiary/aromatic N) is 2. The van der Waals surface area contributed by atoms with Gasteiger partial charge < -0.3 is 19.7 Å². The van der Waals surface area contributed by atoms with Crippen LogP contribution in [0.15, 0.2) is 53.4 Å². The fourth-order valence-electron chi connectivity index (χ4n) is 3.05. The van der Waals surface area contributed by atoms with Gasteiger partial charge in [-0.1, -0.05) is 18.2 Å². The molecule has 8 nitrogen and oxygen atoms in total. The molecular formula is C18H19N3O5S. The molecule has 0 atom stereocenters. The van der Waals surface area contributed by atoms with Crippen molar-refractivity contribution in [2.45, 2.75) is 4.90 Å². The summed E-state index contributed by atoms with van der Waals surface area (Å²) in [6.45, 7) is 1.33. The molecule has 0 spiro atoms. The Morgan fingerprint density at radius 2 is 1.63 bits per heavy atom. The molecule has 2 aliphatic rings. The summed E-state index contributed by atoms with van der Waals surface area (Å²) in [4.78, 5) is 14.3. The predicted molar refractivity (Wildman–Crippen MR) is 98.4 cm³/mol. The van der Waals surface area contributed by atoms with E-state index < -0.39 is 10.0 Å². The first kappa shape index (κ1) is 17.6. The van der Waals surface area contributed by atoms with Crippen molar-refractivity contribution in [1.29, 1.82) is 0 Å². The number of ether oxygens (including phenoxy) is 2. The number of fused-ring (bicyclic) bond motifs is 1. The fraction of sp³-hybridized carbons (Fsp3) is 0.278. The van der Waals surface area contributed by atoms with Crippen LogP contribution in [0.2, 0.25) is 0 Å². The van der Waals surface area contributed by atoms with Gasteiger partial charge in [-0.25, -0.2) is 13.2 Å². The lowest BCUT2D eigenvalue weighted by atomic mass is 10.3. The number of urea groups is 1. The number of benzene rings is 2. The molecule has 2 heterocycles. The molecule has 0 radical (unpaired) electrons. The summed E-state index contributed by atoms with van der Waals surface area (Å²) in [6.07, 6.45) is 0. The quantitative estimate of drug-likeness (QED) is 0.867. The van der Waals surface area contributed by atoms with Crippen molar-refractivity contribution in [3.63, 3.8) is 0 Å². The molecule has 0 aliphatic carbocycles. The standard InChI is InChI=1S/C18H19N3O5S/c22-18(19-14-6-7-16-17(12-14)26-13-25-16)20-8-10-21(11-9-20)27(23,24)15-4-2-1-3-5-15/h1-7,12H,8-11,13H2,(H,19,22).